The predicted octanol–water partition coefficient (Wildman–Crippen LogP) is 3.84. The Kier molecular flexibility index (Phi) is 6.18. The first-order chi connectivity index (χ1) is 14.2. The van der Waals surface area contributed by atoms with Crippen molar-refractivity contribution in [2.45, 2.75) is 12.8 Å². The van der Waals surface area contributed by atoms with Crippen LogP contribution in [0.4, 0.5) is 5.69 Å². The Bertz CT molecular complexity index is 1000. The summed E-state index contributed by atoms with van der Waals surface area (Å²) in [5.41, 5.74) is 2.48. The third-order valence-electron chi connectivity index (χ3n) is 5.32. The van der Waals surface area contributed by atoms with E-state index in [4.69, 9.17) is 21.6 Å². The number of halogens is 1. The summed E-state index contributed by atoms with van der Waals surface area (Å²) in [6.45, 7) is 5.88. The van der Waals surface area contributed by atoms with Crippen molar-refractivity contribution >= 4 is 22.8 Å². The van der Waals surface area contributed by atoms with Crippen LogP contribution in [0, 0.1) is 11.3 Å². The van der Waals surface area contributed by atoms with Gasteiger partial charge in [-0.15, -0.1) is 0 Å². The summed E-state index contributed by atoms with van der Waals surface area (Å²) < 4.78 is 7.56. The monoisotopic (exact) mass is 409 g/mol. The topological polar surface area (TPSA) is 56.8 Å². The van der Waals surface area contributed by atoms with E-state index < -0.39 is 0 Å². The molecule has 0 unspecified atom stereocenters. The summed E-state index contributed by atoms with van der Waals surface area (Å²) in [7, 11) is 0. The zero-order valence-corrected chi connectivity index (χ0v) is 17.1. The van der Waals surface area contributed by atoms with Gasteiger partial charge in [0.1, 0.15) is 11.8 Å². The Morgan fingerprint density at radius 1 is 1.10 bits per heavy atom. The van der Waals surface area contributed by atoms with Crippen LogP contribution in [0.1, 0.15) is 18.4 Å². The minimum absolute atomic E-state index is 0.561. The average Bonchev–Trinajstić information content (AvgIpc) is 3.17. The number of fused-ring (bicyclic) bond motifs is 1. The van der Waals surface area contributed by atoms with Gasteiger partial charge < -0.3 is 9.64 Å². The number of anilines is 1. The molecule has 0 bridgehead atoms. The molecule has 0 atom stereocenters. The number of aromatic nitrogens is 2. The highest BCUT2D eigenvalue weighted by Crippen LogP contribution is 2.26. The third kappa shape index (κ3) is 4.64. The van der Waals surface area contributed by atoms with Gasteiger partial charge in [0.25, 0.3) is 0 Å². The molecule has 1 saturated heterocycles. The van der Waals surface area contributed by atoms with Crippen molar-refractivity contribution in [3.8, 4) is 11.8 Å². The minimum Gasteiger partial charge on any atom is -0.493 e. The van der Waals surface area contributed by atoms with Gasteiger partial charge in [-0.1, -0.05) is 23.7 Å². The Hall–Kier alpha value is -2.75. The van der Waals surface area contributed by atoms with Crippen molar-refractivity contribution in [1.29, 1.82) is 5.26 Å². The lowest BCUT2D eigenvalue weighted by Crippen LogP contribution is -2.46. The van der Waals surface area contributed by atoms with E-state index in [2.05, 4.69) is 27.0 Å². The van der Waals surface area contributed by atoms with Gasteiger partial charge in [-0.25, -0.2) is 4.52 Å². The smallest absolute Gasteiger partial charge is 0.123 e. The second kappa shape index (κ2) is 9.17. The summed E-state index contributed by atoms with van der Waals surface area (Å²) in [5.74, 6) is 0.780. The Labute approximate surface area is 175 Å². The molecule has 0 spiro atoms. The van der Waals surface area contributed by atoms with Crippen molar-refractivity contribution in [1.82, 2.24) is 14.5 Å². The van der Waals surface area contributed by atoms with Gasteiger partial charge in [0.05, 0.1) is 34.6 Å². The molecule has 3 aromatic rings. The van der Waals surface area contributed by atoms with Crippen LogP contribution in [0.15, 0.2) is 48.8 Å². The maximum absolute atomic E-state index is 9.12. The normalized spacial score (nSPS) is 14.8. The van der Waals surface area contributed by atoms with Crippen molar-refractivity contribution in [3.63, 3.8) is 0 Å². The van der Waals surface area contributed by atoms with Crippen molar-refractivity contribution in [3.05, 3.63) is 59.4 Å². The average molecular weight is 410 g/mol. The number of para-hydroxylation sites is 1. The lowest BCUT2D eigenvalue weighted by atomic mass is 10.2. The number of unbranched alkanes of at least 4 members (excludes halogenated alkanes) is 1. The molecule has 0 aliphatic carbocycles. The molecule has 7 heteroatoms. The van der Waals surface area contributed by atoms with E-state index in [0.29, 0.717) is 12.2 Å². The number of hydrogen-bond donors (Lipinski definition) is 0. The maximum Gasteiger partial charge on any atom is 0.123 e. The van der Waals surface area contributed by atoms with E-state index in [1.807, 2.05) is 36.5 Å². The highest BCUT2D eigenvalue weighted by atomic mass is 35.5. The molecule has 4 rings (SSSR count). The molecule has 6 nitrogen and oxygen atoms in total. The van der Waals surface area contributed by atoms with Gasteiger partial charge in [0, 0.05) is 38.4 Å². The summed E-state index contributed by atoms with van der Waals surface area (Å²) in [6.07, 6.45) is 5.50. The van der Waals surface area contributed by atoms with Crippen LogP contribution in [-0.4, -0.2) is 53.8 Å². The first kappa shape index (κ1) is 19.6. The van der Waals surface area contributed by atoms with Crippen molar-refractivity contribution in [2.24, 2.45) is 0 Å². The molecule has 0 radical (unpaired) electrons. The van der Waals surface area contributed by atoms with Crippen LogP contribution in [0.3, 0.4) is 0 Å². The van der Waals surface area contributed by atoms with Crippen molar-refractivity contribution in [2.75, 3.05) is 44.2 Å². The molecule has 1 aliphatic heterocycles. The van der Waals surface area contributed by atoms with Gasteiger partial charge in [-0.2, -0.15) is 10.4 Å². The summed E-state index contributed by atoms with van der Waals surface area (Å²) in [5, 5.41) is 14.1. The molecule has 0 amide bonds. The lowest BCUT2D eigenvalue weighted by Gasteiger charge is -2.36. The molecular formula is C22H24ClN5O. The molecule has 29 heavy (non-hydrogen) atoms. The highest BCUT2D eigenvalue weighted by Gasteiger charge is 2.18. The minimum atomic E-state index is 0.561. The maximum atomic E-state index is 9.12. The fourth-order valence-corrected chi connectivity index (χ4v) is 3.94. The quantitative estimate of drug-likeness (QED) is 0.555. The fourth-order valence-electron chi connectivity index (χ4n) is 3.69. The number of nitriles is 1. The first-order valence-corrected chi connectivity index (χ1v) is 10.3. The molecular weight excluding hydrogens is 386 g/mol. The van der Waals surface area contributed by atoms with Crippen molar-refractivity contribution < 1.29 is 4.74 Å². The van der Waals surface area contributed by atoms with E-state index in [1.165, 1.54) is 0 Å². The molecule has 1 fully saturated rings. The SMILES string of the molecule is N#Cc1cnn2ccc(OCCCCN3CCN(c4ccccc4Cl)CC3)cc12. The fraction of sp³-hybridized carbons (Fsp3) is 0.364. The van der Waals surface area contributed by atoms with Gasteiger partial charge in [0.15, 0.2) is 0 Å². The Morgan fingerprint density at radius 3 is 2.72 bits per heavy atom. The number of hydrogen-bond acceptors (Lipinski definition) is 5. The van der Waals surface area contributed by atoms with Gasteiger partial charge in [-0.3, -0.25) is 4.90 Å². The second-order valence-corrected chi connectivity index (χ2v) is 7.61. The van der Waals surface area contributed by atoms with Crippen LogP contribution in [0.25, 0.3) is 5.52 Å². The number of nitrogens with zero attached hydrogens (tertiary/aromatic N) is 5. The number of piperazine rings is 1. The zero-order chi connectivity index (χ0) is 20.1. The highest BCUT2D eigenvalue weighted by molar-refractivity contribution is 6.33. The van der Waals surface area contributed by atoms with Crippen LogP contribution < -0.4 is 9.64 Å². The summed E-state index contributed by atoms with van der Waals surface area (Å²) >= 11 is 6.32. The largest absolute Gasteiger partial charge is 0.493 e. The lowest BCUT2D eigenvalue weighted by molar-refractivity contribution is 0.238. The molecule has 150 valence electrons. The van der Waals surface area contributed by atoms with Crippen LogP contribution >= 0.6 is 11.6 Å². The van der Waals surface area contributed by atoms with Gasteiger partial charge in [-0.05, 0) is 37.6 Å². The molecule has 1 aromatic carbocycles. The first-order valence-electron chi connectivity index (χ1n) is 9.97. The van der Waals surface area contributed by atoms with E-state index in [0.717, 1.165) is 67.5 Å². The predicted molar refractivity (Wildman–Crippen MR) is 115 cm³/mol. The van der Waals surface area contributed by atoms with E-state index >= 15 is 0 Å². The number of rotatable bonds is 7. The third-order valence-corrected chi connectivity index (χ3v) is 5.64. The second-order valence-electron chi connectivity index (χ2n) is 7.20. The molecule has 1 aliphatic rings. The van der Waals surface area contributed by atoms with Crippen LogP contribution in [-0.2, 0) is 0 Å². The number of benzene rings is 1. The van der Waals surface area contributed by atoms with Gasteiger partial charge >= 0.3 is 0 Å². The van der Waals surface area contributed by atoms with E-state index in [1.54, 1.807) is 10.7 Å². The van der Waals surface area contributed by atoms with Gasteiger partial charge in [0.2, 0.25) is 0 Å². The van der Waals surface area contributed by atoms with Crippen LogP contribution in [0.2, 0.25) is 5.02 Å². The molecule has 0 saturated carbocycles. The molecule has 2 aromatic heterocycles. The number of pyridine rings is 1. The Balaban J connectivity index is 1.17. The number of ether oxygens (including phenoxy) is 1. The Morgan fingerprint density at radius 2 is 1.93 bits per heavy atom. The van der Waals surface area contributed by atoms with Crippen LogP contribution in [0.5, 0.6) is 5.75 Å². The zero-order valence-electron chi connectivity index (χ0n) is 16.3. The molecule has 3 heterocycles. The van der Waals surface area contributed by atoms with E-state index in [-0.39, 0.29) is 0 Å². The standard InChI is InChI=1S/C22H24ClN5O/c23-20-5-1-2-6-21(20)27-12-10-26(11-13-27)8-3-4-14-29-19-7-9-28-22(15-19)18(16-24)17-25-28/h1-2,5-7,9,15,17H,3-4,8,10-14H2. The summed E-state index contributed by atoms with van der Waals surface area (Å²) in [4.78, 5) is 4.87. The molecule has 0 N–H and O–H groups in total. The summed E-state index contributed by atoms with van der Waals surface area (Å²) in [6, 6.07) is 14.0. The van der Waals surface area contributed by atoms with E-state index in [9.17, 15) is 0 Å².